The third-order valence-corrected chi connectivity index (χ3v) is 4.21. The van der Waals surface area contributed by atoms with E-state index < -0.39 is 0 Å². The zero-order valence-corrected chi connectivity index (χ0v) is 16.2. The van der Waals surface area contributed by atoms with Gasteiger partial charge in [-0.05, 0) is 49.5 Å². The normalized spacial score (nSPS) is 12.7. The third-order valence-electron chi connectivity index (χ3n) is 4.21. The van der Waals surface area contributed by atoms with Gasteiger partial charge in [-0.2, -0.15) is 0 Å². The molecule has 0 fully saturated rings. The van der Waals surface area contributed by atoms with Gasteiger partial charge in [0.2, 0.25) is 0 Å². The van der Waals surface area contributed by atoms with Crippen LogP contribution >= 0.6 is 0 Å². The summed E-state index contributed by atoms with van der Waals surface area (Å²) in [5, 5.41) is 3.11. The second kappa shape index (κ2) is 9.78. The lowest BCUT2D eigenvalue weighted by Gasteiger charge is -2.25. The van der Waals surface area contributed by atoms with E-state index in [0.717, 1.165) is 11.1 Å². The highest BCUT2D eigenvalue weighted by molar-refractivity contribution is 5.77. The minimum Gasteiger partial charge on any atom is -0.493 e. The van der Waals surface area contributed by atoms with Crippen LogP contribution < -0.4 is 20.5 Å². The zero-order chi connectivity index (χ0) is 19.8. The van der Waals surface area contributed by atoms with Crippen molar-refractivity contribution in [2.75, 3.05) is 34.9 Å². The van der Waals surface area contributed by atoms with Gasteiger partial charge in [0.15, 0.2) is 17.5 Å². The summed E-state index contributed by atoms with van der Waals surface area (Å²) in [4.78, 5) is 6.37. The van der Waals surface area contributed by atoms with Gasteiger partial charge < -0.3 is 25.4 Å². The van der Waals surface area contributed by atoms with E-state index in [1.165, 1.54) is 12.1 Å². The van der Waals surface area contributed by atoms with Crippen molar-refractivity contribution in [2.24, 2.45) is 10.7 Å². The summed E-state index contributed by atoms with van der Waals surface area (Å²) in [6.07, 6.45) is 0. The molecule has 0 spiro atoms. The summed E-state index contributed by atoms with van der Waals surface area (Å²) in [6, 6.07) is 12.1. The fourth-order valence-corrected chi connectivity index (χ4v) is 2.73. The van der Waals surface area contributed by atoms with Crippen molar-refractivity contribution in [1.29, 1.82) is 0 Å². The molecule has 3 N–H and O–H groups in total. The van der Waals surface area contributed by atoms with Crippen LogP contribution in [-0.4, -0.2) is 45.7 Å². The van der Waals surface area contributed by atoms with Crippen LogP contribution in [0.5, 0.6) is 11.5 Å². The number of hydrogen-bond acceptors (Lipinski definition) is 4. The number of ether oxygens (including phenoxy) is 2. The number of rotatable bonds is 8. The second-order valence-corrected chi connectivity index (χ2v) is 6.31. The summed E-state index contributed by atoms with van der Waals surface area (Å²) in [6.45, 7) is 0.920. The number of nitrogens with zero attached hydrogens (tertiary/aromatic N) is 2. The molecule has 0 saturated carbocycles. The molecule has 1 atom stereocenters. The first-order chi connectivity index (χ1) is 12.9. The molecular formula is C20H27FN4O2. The molecule has 146 valence electrons. The summed E-state index contributed by atoms with van der Waals surface area (Å²) >= 11 is 0. The van der Waals surface area contributed by atoms with Crippen LogP contribution in [0.3, 0.4) is 0 Å². The van der Waals surface area contributed by atoms with Gasteiger partial charge in [-0.1, -0.05) is 18.2 Å². The molecule has 1 unspecified atom stereocenters. The van der Waals surface area contributed by atoms with Crippen LogP contribution in [0, 0.1) is 5.82 Å². The molecule has 2 aromatic carbocycles. The molecule has 6 nitrogen and oxygen atoms in total. The molecule has 0 heterocycles. The molecular weight excluding hydrogens is 347 g/mol. The van der Waals surface area contributed by atoms with Gasteiger partial charge in [0.25, 0.3) is 0 Å². The van der Waals surface area contributed by atoms with E-state index in [2.05, 4.69) is 10.3 Å². The Morgan fingerprint density at radius 3 is 2.52 bits per heavy atom. The Balaban J connectivity index is 2.00. The highest BCUT2D eigenvalue weighted by Gasteiger charge is 2.14. The maximum atomic E-state index is 13.5. The van der Waals surface area contributed by atoms with Gasteiger partial charge >= 0.3 is 0 Å². The van der Waals surface area contributed by atoms with Gasteiger partial charge in [0.1, 0.15) is 5.82 Å². The largest absolute Gasteiger partial charge is 0.493 e. The number of methoxy groups -OCH3 is 2. The van der Waals surface area contributed by atoms with Crippen molar-refractivity contribution >= 4 is 5.96 Å². The molecule has 7 heteroatoms. The number of halogens is 1. The minimum absolute atomic E-state index is 0.0319. The lowest BCUT2D eigenvalue weighted by atomic mass is 10.1. The molecule has 0 aliphatic carbocycles. The minimum atomic E-state index is -0.255. The summed E-state index contributed by atoms with van der Waals surface area (Å²) in [5.74, 6) is 1.39. The molecule has 0 bridgehead atoms. The first kappa shape index (κ1) is 20.5. The topological polar surface area (TPSA) is 72.1 Å². The maximum Gasteiger partial charge on any atom is 0.188 e. The first-order valence-electron chi connectivity index (χ1n) is 8.61. The lowest BCUT2D eigenvalue weighted by molar-refractivity contribution is 0.298. The van der Waals surface area contributed by atoms with Crippen molar-refractivity contribution in [3.63, 3.8) is 0 Å². The smallest absolute Gasteiger partial charge is 0.188 e. The van der Waals surface area contributed by atoms with Gasteiger partial charge in [0.05, 0.1) is 26.8 Å². The Labute approximate surface area is 159 Å². The Morgan fingerprint density at radius 1 is 1.15 bits per heavy atom. The van der Waals surface area contributed by atoms with Crippen molar-refractivity contribution in [1.82, 2.24) is 10.2 Å². The van der Waals surface area contributed by atoms with E-state index in [0.29, 0.717) is 30.5 Å². The summed E-state index contributed by atoms with van der Waals surface area (Å²) in [7, 11) is 7.06. The first-order valence-corrected chi connectivity index (χ1v) is 8.61. The highest BCUT2D eigenvalue weighted by atomic mass is 19.1. The Hall–Kier alpha value is -2.80. The standard InChI is InChI=1S/C20H27FN4O2/c1-25(2)17(15-6-5-7-16(21)11-15)13-24-20(22)23-12-14-8-9-18(26-3)19(10-14)27-4/h5-11,17H,12-13H2,1-4H3,(H3,22,23,24). The summed E-state index contributed by atoms with van der Waals surface area (Å²) < 4.78 is 24.0. The van der Waals surface area contributed by atoms with E-state index in [1.807, 2.05) is 43.3 Å². The highest BCUT2D eigenvalue weighted by Crippen LogP contribution is 2.27. The predicted molar refractivity (Wildman–Crippen MR) is 106 cm³/mol. The molecule has 0 amide bonds. The van der Waals surface area contributed by atoms with Crippen LogP contribution in [0.25, 0.3) is 0 Å². The van der Waals surface area contributed by atoms with E-state index >= 15 is 0 Å². The van der Waals surface area contributed by atoms with Crippen LogP contribution in [0.2, 0.25) is 0 Å². The molecule has 2 aromatic rings. The van der Waals surface area contributed by atoms with E-state index in [1.54, 1.807) is 20.3 Å². The lowest BCUT2D eigenvalue weighted by Crippen LogP contribution is -2.38. The van der Waals surface area contributed by atoms with Crippen LogP contribution in [0.15, 0.2) is 47.5 Å². The van der Waals surface area contributed by atoms with Crippen LogP contribution in [-0.2, 0) is 6.54 Å². The van der Waals surface area contributed by atoms with Crippen LogP contribution in [0.4, 0.5) is 4.39 Å². The molecule has 0 aromatic heterocycles. The van der Waals surface area contributed by atoms with Crippen molar-refractivity contribution < 1.29 is 13.9 Å². The quantitative estimate of drug-likeness (QED) is 0.549. The fourth-order valence-electron chi connectivity index (χ4n) is 2.73. The maximum absolute atomic E-state index is 13.5. The number of benzene rings is 2. The number of nitrogens with two attached hydrogens (primary N) is 1. The van der Waals surface area contributed by atoms with Gasteiger partial charge in [-0.25, -0.2) is 9.38 Å². The Bertz CT molecular complexity index is 780. The van der Waals surface area contributed by atoms with E-state index in [9.17, 15) is 4.39 Å². The number of hydrogen-bond donors (Lipinski definition) is 2. The molecule has 0 aliphatic rings. The number of guanidine groups is 1. The molecule has 0 radical (unpaired) electrons. The van der Waals surface area contributed by atoms with Crippen molar-refractivity contribution in [3.05, 3.63) is 59.4 Å². The average molecular weight is 374 g/mol. The molecule has 27 heavy (non-hydrogen) atoms. The second-order valence-electron chi connectivity index (χ2n) is 6.31. The van der Waals surface area contributed by atoms with Crippen LogP contribution in [0.1, 0.15) is 17.2 Å². The molecule has 0 saturated heterocycles. The number of aliphatic imine (C=N–C) groups is 1. The predicted octanol–water partition coefficient (Wildman–Crippen LogP) is 2.55. The average Bonchev–Trinajstić information content (AvgIpc) is 2.66. The van der Waals surface area contributed by atoms with E-state index in [4.69, 9.17) is 15.2 Å². The molecule has 0 aliphatic heterocycles. The Kier molecular flexibility index (Phi) is 7.43. The fraction of sp³-hybridized carbons (Fsp3) is 0.350. The number of likely N-dealkylation sites (N-methyl/N-ethyl adjacent to an activating group) is 1. The SMILES string of the molecule is COc1ccc(CN=C(N)NCC(c2cccc(F)c2)N(C)C)cc1OC. The van der Waals surface area contributed by atoms with Crippen molar-refractivity contribution in [3.8, 4) is 11.5 Å². The van der Waals surface area contributed by atoms with Crippen molar-refractivity contribution in [2.45, 2.75) is 12.6 Å². The number of nitrogens with one attached hydrogen (secondary N) is 1. The van der Waals surface area contributed by atoms with Gasteiger partial charge in [-0.3, -0.25) is 0 Å². The Morgan fingerprint density at radius 2 is 1.89 bits per heavy atom. The molecule has 2 rings (SSSR count). The zero-order valence-electron chi connectivity index (χ0n) is 16.2. The van der Waals surface area contributed by atoms with Gasteiger partial charge in [-0.15, -0.1) is 0 Å². The summed E-state index contributed by atoms with van der Waals surface area (Å²) in [5.41, 5.74) is 7.82. The monoisotopic (exact) mass is 374 g/mol. The van der Waals surface area contributed by atoms with Gasteiger partial charge in [0, 0.05) is 6.54 Å². The van der Waals surface area contributed by atoms with E-state index in [-0.39, 0.29) is 11.9 Å². The third kappa shape index (κ3) is 5.86.